The number of nitrogens with one attached hydrogen (secondary N) is 1. The Morgan fingerprint density at radius 1 is 1.19 bits per heavy atom. The molecule has 0 aliphatic carbocycles. The average molecular weight is 511 g/mol. The molecule has 1 aromatic carbocycles. The number of carbonyl (C=O) groups excluding carboxylic acids is 1. The molecular formula is C26H25F3N6O2. The molecule has 1 N–H and O–H groups in total. The Hall–Kier alpha value is -4.41. The first-order chi connectivity index (χ1) is 17.5. The quantitative estimate of drug-likeness (QED) is 0.380. The minimum Gasteiger partial charge on any atom is -0.345 e. The van der Waals surface area contributed by atoms with E-state index in [1.807, 2.05) is 31.4 Å². The van der Waals surface area contributed by atoms with Crippen LogP contribution in [0.1, 0.15) is 17.0 Å². The number of pyridine rings is 1. The third kappa shape index (κ3) is 5.11. The summed E-state index contributed by atoms with van der Waals surface area (Å²) < 4.78 is 42.0. The topological polar surface area (TPSA) is 86.7 Å². The van der Waals surface area contributed by atoms with Gasteiger partial charge in [-0.05, 0) is 43.7 Å². The molecule has 4 aromatic rings. The standard InChI is InChI=1S/C26H25F3N6O2/c1-5-6-9-21-18(13-31-33(21)4)19-11-12-20(17(3)32-19)35-24-16(2)8-7-10-22(24)34(25(35)37)14-23(36)30-15-26(27,28)29/h5-13H,1,14-15H2,2-4H3,(H,30,36)/b9-6-. The summed E-state index contributed by atoms with van der Waals surface area (Å²) in [6.45, 7) is 5.24. The minimum atomic E-state index is -4.55. The smallest absolute Gasteiger partial charge is 0.345 e. The van der Waals surface area contributed by atoms with E-state index in [-0.39, 0.29) is 0 Å². The van der Waals surface area contributed by atoms with E-state index in [9.17, 15) is 22.8 Å². The molecule has 11 heteroatoms. The molecule has 0 radical (unpaired) electrons. The second kappa shape index (κ2) is 9.92. The van der Waals surface area contributed by atoms with Gasteiger partial charge in [-0.25, -0.2) is 4.79 Å². The third-order valence-electron chi connectivity index (χ3n) is 5.89. The van der Waals surface area contributed by atoms with Gasteiger partial charge in [0.05, 0.1) is 40.0 Å². The lowest BCUT2D eigenvalue weighted by molar-refractivity contribution is -0.138. The number of allylic oxidation sites excluding steroid dienone is 2. The molecule has 37 heavy (non-hydrogen) atoms. The van der Waals surface area contributed by atoms with Gasteiger partial charge in [-0.3, -0.25) is 23.6 Å². The van der Waals surface area contributed by atoms with Gasteiger partial charge >= 0.3 is 11.9 Å². The number of imidazole rings is 1. The van der Waals surface area contributed by atoms with Gasteiger partial charge in [0.25, 0.3) is 0 Å². The van der Waals surface area contributed by atoms with Crippen molar-refractivity contribution in [1.82, 2.24) is 29.2 Å². The molecule has 0 bridgehead atoms. The molecule has 1 amide bonds. The molecule has 8 nitrogen and oxygen atoms in total. The fourth-order valence-corrected chi connectivity index (χ4v) is 4.19. The van der Waals surface area contributed by atoms with Crippen molar-refractivity contribution in [2.45, 2.75) is 26.6 Å². The Kier molecular flexibility index (Phi) is 6.88. The molecule has 3 aromatic heterocycles. The monoisotopic (exact) mass is 510 g/mol. The average Bonchev–Trinajstić information content (AvgIpc) is 3.34. The van der Waals surface area contributed by atoms with Crippen molar-refractivity contribution >= 4 is 23.0 Å². The number of aryl methyl sites for hydroxylation is 3. The van der Waals surface area contributed by atoms with Gasteiger partial charge in [0.15, 0.2) is 0 Å². The second-order valence-corrected chi connectivity index (χ2v) is 8.50. The second-order valence-electron chi connectivity index (χ2n) is 8.50. The number of rotatable bonds is 7. The molecule has 0 unspecified atom stereocenters. The number of alkyl halides is 3. The number of halogens is 3. The molecule has 4 rings (SSSR count). The van der Waals surface area contributed by atoms with E-state index in [0.717, 1.165) is 16.8 Å². The SMILES string of the molecule is C=C/C=C\c1c(-c2ccc(-n3c(=O)n(CC(=O)NCC(F)(F)F)c4cccc(C)c43)c(C)n2)cnn1C. The highest BCUT2D eigenvalue weighted by atomic mass is 19.4. The van der Waals surface area contributed by atoms with Gasteiger partial charge in [0.1, 0.15) is 13.1 Å². The van der Waals surface area contributed by atoms with Gasteiger partial charge in [-0.2, -0.15) is 18.3 Å². The van der Waals surface area contributed by atoms with Crippen molar-refractivity contribution in [2.75, 3.05) is 6.54 Å². The molecule has 0 aliphatic rings. The molecule has 0 fully saturated rings. The van der Waals surface area contributed by atoms with Crippen molar-refractivity contribution < 1.29 is 18.0 Å². The van der Waals surface area contributed by atoms with Crippen LogP contribution in [-0.4, -0.2) is 42.5 Å². The van der Waals surface area contributed by atoms with Crippen molar-refractivity contribution in [1.29, 1.82) is 0 Å². The molecule has 0 saturated carbocycles. The van der Waals surface area contributed by atoms with Crippen LogP contribution in [0.5, 0.6) is 0 Å². The zero-order valence-corrected chi connectivity index (χ0v) is 20.5. The lowest BCUT2D eigenvalue weighted by Gasteiger charge is -2.10. The van der Waals surface area contributed by atoms with Crippen LogP contribution >= 0.6 is 0 Å². The van der Waals surface area contributed by atoms with Gasteiger partial charge < -0.3 is 5.32 Å². The lowest BCUT2D eigenvalue weighted by Crippen LogP contribution is -2.38. The maximum Gasteiger partial charge on any atom is 0.405 e. The molecule has 0 saturated heterocycles. The van der Waals surface area contributed by atoms with E-state index in [1.165, 1.54) is 9.13 Å². The van der Waals surface area contributed by atoms with E-state index in [1.54, 1.807) is 54.2 Å². The summed E-state index contributed by atoms with van der Waals surface area (Å²) in [5.41, 5.74) is 4.50. The third-order valence-corrected chi connectivity index (χ3v) is 5.89. The van der Waals surface area contributed by atoms with Gasteiger partial charge in [-0.1, -0.05) is 30.9 Å². The van der Waals surface area contributed by atoms with Crippen LogP contribution in [0.15, 0.2) is 60.1 Å². The Morgan fingerprint density at radius 2 is 1.95 bits per heavy atom. The first-order valence-corrected chi connectivity index (χ1v) is 11.4. The van der Waals surface area contributed by atoms with Gasteiger partial charge in [0.2, 0.25) is 5.91 Å². The summed E-state index contributed by atoms with van der Waals surface area (Å²) in [5, 5.41) is 6.13. The Bertz CT molecular complexity index is 1590. The Balaban J connectivity index is 1.80. The lowest BCUT2D eigenvalue weighted by atomic mass is 10.1. The summed E-state index contributed by atoms with van der Waals surface area (Å²) in [7, 11) is 1.82. The number of hydrogen-bond acceptors (Lipinski definition) is 4. The van der Waals surface area contributed by atoms with Crippen LogP contribution in [0, 0.1) is 13.8 Å². The zero-order chi connectivity index (χ0) is 26.9. The molecule has 192 valence electrons. The maximum atomic E-state index is 13.5. The van der Waals surface area contributed by atoms with Crippen LogP contribution in [0.25, 0.3) is 34.1 Å². The number of benzene rings is 1. The van der Waals surface area contributed by atoms with Gasteiger partial charge in [0, 0.05) is 12.6 Å². The minimum absolute atomic E-state index is 0.430. The first kappa shape index (κ1) is 25.7. The molecular weight excluding hydrogens is 485 g/mol. The number of carbonyl (C=O) groups is 1. The molecule has 3 heterocycles. The van der Waals surface area contributed by atoms with Crippen LogP contribution in [0.4, 0.5) is 13.2 Å². The number of hydrogen-bond donors (Lipinski definition) is 1. The van der Waals surface area contributed by atoms with Crippen molar-refractivity contribution in [3.8, 4) is 16.9 Å². The zero-order valence-electron chi connectivity index (χ0n) is 20.5. The highest BCUT2D eigenvalue weighted by Gasteiger charge is 2.28. The highest BCUT2D eigenvalue weighted by Crippen LogP contribution is 2.27. The fourth-order valence-electron chi connectivity index (χ4n) is 4.19. The van der Waals surface area contributed by atoms with E-state index in [0.29, 0.717) is 28.1 Å². The largest absolute Gasteiger partial charge is 0.405 e. The van der Waals surface area contributed by atoms with Crippen molar-refractivity contribution in [3.05, 3.63) is 82.7 Å². The van der Waals surface area contributed by atoms with Gasteiger partial charge in [-0.15, -0.1) is 0 Å². The van der Waals surface area contributed by atoms with E-state index >= 15 is 0 Å². The highest BCUT2D eigenvalue weighted by molar-refractivity contribution is 5.84. The summed E-state index contributed by atoms with van der Waals surface area (Å²) in [5.74, 6) is -0.915. The van der Waals surface area contributed by atoms with Crippen LogP contribution < -0.4 is 11.0 Å². The van der Waals surface area contributed by atoms with Crippen LogP contribution in [0.2, 0.25) is 0 Å². The van der Waals surface area contributed by atoms with E-state index in [2.05, 4.69) is 11.7 Å². The van der Waals surface area contributed by atoms with Crippen LogP contribution in [-0.2, 0) is 18.4 Å². The fraction of sp³-hybridized carbons (Fsp3) is 0.231. The molecule has 0 spiro atoms. The van der Waals surface area contributed by atoms with Crippen LogP contribution in [0.3, 0.4) is 0 Å². The maximum absolute atomic E-state index is 13.5. The van der Waals surface area contributed by atoms with E-state index in [4.69, 9.17) is 4.98 Å². The van der Waals surface area contributed by atoms with E-state index < -0.39 is 30.9 Å². The first-order valence-electron chi connectivity index (χ1n) is 11.4. The predicted molar refractivity (Wildman–Crippen MR) is 135 cm³/mol. The normalized spacial score (nSPS) is 11.9. The number of nitrogens with zero attached hydrogens (tertiary/aromatic N) is 5. The summed E-state index contributed by atoms with van der Waals surface area (Å²) >= 11 is 0. The van der Waals surface area contributed by atoms with Crippen molar-refractivity contribution in [2.24, 2.45) is 7.05 Å². The summed E-state index contributed by atoms with van der Waals surface area (Å²) in [4.78, 5) is 30.5. The summed E-state index contributed by atoms with van der Waals surface area (Å²) in [6.07, 6.45) is 2.47. The molecule has 0 aliphatic heterocycles. The van der Waals surface area contributed by atoms with Crippen molar-refractivity contribution in [3.63, 3.8) is 0 Å². The number of fused-ring (bicyclic) bond motifs is 1. The number of para-hydroxylation sites is 1. The summed E-state index contributed by atoms with van der Waals surface area (Å²) in [6, 6.07) is 8.72. The molecule has 0 atom stereocenters. The number of amides is 1. The Labute approximate surface area is 210 Å². The Morgan fingerprint density at radius 3 is 2.62 bits per heavy atom. The predicted octanol–water partition coefficient (Wildman–Crippen LogP) is 4.08. The number of aromatic nitrogens is 5.